The minimum atomic E-state index is -0.594. The Morgan fingerprint density at radius 1 is 1.21 bits per heavy atom. The highest BCUT2D eigenvalue weighted by atomic mass is 16.5. The number of carbonyl (C=O) groups excluding carboxylic acids is 1. The van der Waals surface area contributed by atoms with E-state index in [2.05, 4.69) is 27.7 Å². The van der Waals surface area contributed by atoms with Gasteiger partial charge in [-0.25, -0.2) is 0 Å². The molecule has 0 aromatic heterocycles. The standard InChI is InChI=1S/C12H23O2/c1-7-14-10(13)12(5,6)9-8-11(2,3)4/h5,7-9H2,1-4,6H3. The van der Waals surface area contributed by atoms with Gasteiger partial charge in [0.1, 0.15) is 0 Å². The molecule has 0 saturated carbocycles. The molecule has 0 N–H and O–H groups in total. The van der Waals surface area contributed by atoms with Crippen molar-refractivity contribution < 1.29 is 9.53 Å². The van der Waals surface area contributed by atoms with Crippen molar-refractivity contribution in [1.29, 1.82) is 0 Å². The summed E-state index contributed by atoms with van der Waals surface area (Å²) in [6.45, 7) is 14.5. The van der Waals surface area contributed by atoms with Crippen LogP contribution in [0.1, 0.15) is 47.5 Å². The van der Waals surface area contributed by atoms with Gasteiger partial charge in [-0.2, -0.15) is 0 Å². The second kappa shape index (κ2) is 4.81. The third-order valence-electron chi connectivity index (χ3n) is 2.20. The highest BCUT2D eigenvalue weighted by Gasteiger charge is 2.30. The van der Waals surface area contributed by atoms with Crippen LogP contribution in [0.3, 0.4) is 0 Å². The molecule has 0 aromatic rings. The lowest BCUT2D eigenvalue weighted by Gasteiger charge is -2.26. The maximum absolute atomic E-state index is 11.5. The molecule has 0 rings (SSSR count). The molecule has 2 nitrogen and oxygen atoms in total. The fraction of sp³-hybridized carbons (Fsp3) is 0.833. The second-order valence-electron chi connectivity index (χ2n) is 5.34. The van der Waals surface area contributed by atoms with Crippen molar-refractivity contribution in [3.63, 3.8) is 0 Å². The molecule has 1 atom stereocenters. The van der Waals surface area contributed by atoms with E-state index in [1.165, 1.54) is 0 Å². The van der Waals surface area contributed by atoms with Crippen molar-refractivity contribution in [3.8, 4) is 0 Å². The Kier molecular flexibility index (Phi) is 4.63. The zero-order valence-corrected chi connectivity index (χ0v) is 10.1. The number of hydrogen-bond donors (Lipinski definition) is 0. The van der Waals surface area contributed by atoms with Gasteiger partial charge in [0.2, 0.25) is 0 Å². The molecule has 2 heteroatoms. The summed E-state index contributed by atoms with van der Waals surface area (Å²) in [5.41, 5.74) is -0.352. The summed E-state index contributed by atoms with van der Waals surface area (Å²) >= 11 is 0. The third kappa shape index (κ3) is 5.25. The number of rotatable bonds is 4. The van der Waals surface area contributed by atoms with Crippen LogP contribution in [0.4, 0.5) is 0 Å². The van der Waals surface area contributed by atoms with Crippen molar-refractivity contribution in [1.82, 2.24) is 0 Å². The highest BCUT2D eigenvalue weighted by molar-refractivity contribution is 5.77. The van der Waals surface area contributed by atoms with Gasteiger partial charge in [0.25, 0.3) is 0 Å². The Balaban J connectivity index is 4.13. The maximum Gasteiger partial charge on any atom is 0.311 e. The van der Waals surface area contributed by atoms with E-state index >= 15 is 0 Å². The Morgan fingerprint density at radius 2 is 1.71 bits per heavy atom. The quantitative estimate of drug-likeness (QED) is 0.650. The van der Waals surface area contributed by atoms with Crippen LogP contribution in [0.15, 0.2) is 0 Å². The first-order valence-corrected chi connectivity index (χ1v) is 5.21. The smallest absolute Gasteiger partial charge is 0.311 e. The van der Waals surface area contributed by atoms with Crippen LogP contribution < -0.4 is 0 Å². The highest BCUT2D eigenvalue weighted by Crippen LogP contribution is 2.30. The molecule has 83 valence electrons. The topological polar surface area (TPSA) is 26.3 Å². The van der Waals surface area contributed by atoms with E-state index in [-0.39, 0.29) is 11.4 Å². The molecule has 0 aliphatic heterocycles. The van der Waals surface area contributed by atoms with E-state index < -0.39 is 5.41 Å². The minimum absolute atomic E-state index is 0.191. The lowest BCUT2D eigenvalue weighted by Crippen LogP contribution is -2.28. The largest absolute Gasteiger partial charge is 0.466 e. The van der Waals surface area contributed by atoms with Gasteiger partial charge < -0.3 is 4.74 Å². The van der Waals surface area contributed by atoms with Crippen LogP contribution in [0.5, 0.6) is 0 Å². The number of hydrogen-bond acceptors (Lipinski definition) is 2. The molecule has 0 saturated heterocycles. The van der Waals surface area contributed by atoms with Crippen molar-refractivity contribution in [2.24, 2.45) is 10.8 Å². The molecule has 0 aromatic carbocycles. The van der Waals surface area contributed by atoms with Crippen LogP contribution in [-0.2, 0) is 9.53 Å². The summed E-state index contributed by atoms with van der Waals surface area (Å²) in [4.78, 5) is 11.5. The summed E-state index contributed by atoms with van der Waals surface area (Å²) in [6.07, 6.45) is 1.75. The molecule has 0 heterocycles. The van der Waals surface area contributed by atoms with Crippen molar-refractivity contribution >= 4 is 5.97 Å². The third-order valence-corrected chi connectivity index (χ3v) is 2.20. The van der Waals surface area contributed by atoms with Gasteiger partial charge in [-0.15, -0.1) is 0 Å². The average Bonchev–Trinajstić information content (AvgIpc) is 2.00. The molecular weight excluding hydrogens is 176 g/mol. The van der Waals surface area contributed by atoms with Crippen molar-refractivity contribution in [2.45, 2.75) is 47.5 Å². The maximum atomic E-state index is 11.5. The van der Waals surface area contributed by atoms with Gasteiger partial charge in [-0.05, 0) is 39.0 Å². The molecule has 0 fully saturated rings. The molecular formula is C12H23O2. The van der Waals surface area contributed by atoms with E-state index in [0.29, 0.717) is 6.61 Å². The monoisotopic (exact) mass is 199 g/mol. The number of esters is 1. The zero-order valence-electron chi connectivity index (χ0n) is 10.1. The van der Waals surface area contributed by atoms with E-state index in [4.69, 9.17) is 4.74 Å². The Morgan fingerprint density at radius 3 is 2.07 bits per heavy atom. The average molecular weight is 199 g/mol. The number of ether oxygens (including phenoxy) is 1. The SMILES string of the molecule is [CH2]C(C)(CCC(C)(C)C)C(=O)OCC. The van der Waals surface area contributed by atoms with Crippen molar-refractivity contribution in [2.75, 3.05) is 6.61 Å². The van der Waals surface area contributed by atoms with Crippen LogP contribution in [-0.4, -0.2) is 12.6 Å². The molecule has 14 heavy (non-hydrogen) atoms. The summed E-state index contributed by atoms with van der Waals surface area (Å²) < 4.78 is 4.97. The Labute approximate surface area is 88.0 Å². The first-order chi connectivity index (χ1) is 6.19. The molecule has 1 unspecified atom stereocenters. The normalized spacial score (nSPS) is 12.7. The van der Waals surface area contributed by atoms with E-state index in [0.717, 1.165) is 12.8 Å². The first-order valence-electron chi connectivity index (χ1n) is 5.21. The lowest BCUT2D eigenvalue weighted by atomic mass is 9.80. The van der Waals surface area contributed by atoms with Crippen LogP contribution in [0, 0.1) is 17.8 Å². The van der Waals surface area contributed by atoms with E-state index in [9.17, 15) is 4.79 Å². The van der Waals surface area contributed by atoms with Crippen LogP contribution in [0.2, 0.25) is 0 Å². The predicted molar refractivity (Wildman–Crippen MR) is 58.8 cm³/mol. The predicted octanol–water partition coefficient (Wildman–Crippen LogP) is 3.22. The molecule has 0 aliphatic carbocycles. The summed E-state index contributed by atoms with van der Waals surface area (Å²) in [6, 6.07) is 0. The summed E-state index contributed by atoms with van der Waals surface area (Å²) in [5.74, 6) is -0.191. The summed E-state index contributed by atoms with van der Waals surface area (Å²) in [5, 5.41) is 0. The lowest BCUT2D eigenvalue weighted by molar-refractivity contribution is -0.152. The van der Waals surface area contributed by atoms with Gasteiger partial charge in [0.15, 0.2) is 0 Å². The van der Waals surface area contributed by atoms with E-state index in [1.54, 1.807) is 0 Å². The van der Waals surface area contributed by atoms with Gasteiger partial charge in [-0.3, -0.25) is 4.79 Å². The van der Waals surface area contributed by atoms with Crippen LogP contribution in [0.25, 0.3) is 0 Å². The fourth-order valence-electron chi connectivity index (χ4n) is 1.06. The number of carbonyl (C=O) groups is 1. The Hall–Kier alpha value is -0.530. The van der Waals surface area contributed by atoms with Gasteiger partial charge >= 0.3 is 5.97 Å². The van der Waals surface area contributed by atoms with Crippen LogP contribution >= 0.6 is 0 Å². The van der Waals surface area contributed by atoms with Gasteiger partial charge in [-0.1, -0.05) is 20.8 Å². The zero-order chi connectivity index (χ0) is 11.4. The molecule has 1 radical (unpaired) electrons. The molecule has 0 amide bonds. The van der Waals surface area contributed by atoms with E-state index in [1.807, 2.05) is 13.8 Å². The molecule has 0 aliphatic rings. The molecule has 0 spiro atoms. The van der Waals surface area contributed by atoms with Crippen molar-refractivity contribution in [3.05, 3.63) is 6.92 Å². The molecule has 0 bridgehead atoms. The second-order valence-corrected chi connectivity index (χ2v) is 5.34. The minimum Gasteiger partial charge on any atom is -0.466 e. The fourth-order valence-corrected chi connectivity index (χ4v) is 1.06. The first kappa shape index (κ1) is 13.5. The van der Waals surface area contributed by atoms with Gasteiger partial charge in [0.05, 0.1) is 12.0 Å². The van der Waals surface area contributed by atoms with Gasteiger partial charge in [0, 0.05) is 0 Å². The Bertz CT molecular complexity index is 187. The summed E-state index contributed by atoms with van der Waals surface area (Å²) in [7, 11) is 0.